The van der Waals surface area contributed by atoms with E-state index in [4.69, 9.17) is 0 Å². The van der Waals surface area contributed by atoms with Gasteiger partial charge >= 0.3 is 0 Å². The first kappa shape index (κ1) is 11.6. The molecule has 0 bridgehead atoms. The fraction of sp³-hybridized carbons (Fsp3) is 0.267. The zero-order valence-electron chi connectivity index (χ0n) is 10.4. The molecule has 1 heterocycles. The number of allylic oxidation sites excluding steroid dienone is 1. The third-order valence-corrected chi connectivity index (χ3v) is 3.00. The molecule has 0 saturated carbocycles. The summed E-state index contributed by atoms with van der Waals surface area (Å²) in [7, 11) is 0. The van der Waals surface area contributed by atoms with Crippen LogP contribution in [0.15, 0.2) is 36.7 Å². The van der Waals surface area contributed by atoms with Gasteiger partial charge in [0.1, 0.15) is 5.82 Å². The predicted molar refractivity (Wildman–Crippen MR) is 71.9 cm³/mol. The van der Waals surface area contributed by atoms with Crippen molar-refractivity contribution in [2.24, 2.45) is 0 Å². The molecule has 88 valence electrons. The fourth-order valence-electron chi connectivity index (χ4n) is 2.03. The van der Waals surface area contributed by atoms with E-state index in [-0.39, 0.29) is 0 Å². The molecule has 2 heteroatoms. The number of aromatic nitrogens is 2. The Labute approximate surface area is 102 Å². The summed E-state index contributed by atoms with van der Waals surface area (Å²) in [6.45, 7) is 4.36. The number of imidazole rings is 1. The lowest BCUT2D eigenvalue weighted by Crippen LogP contribution is -1.92. The van der Waals surface area contributed by atoms with Gasteiger partial charge in [-0.05, 0) is 49.5 Å². The molecule has 17 heavy (non-hydrogen) atoms. The van der Waals surface area contributed by atoms with Crippen LogP contribution in [0.2, 0.25) is 0 Å². The molecule has 0 unspecified atom stereocenters. The van der Waals surface area contributed by atoms with Crippen molar-refractivity contribution >= 4 is 6.08 Å². The van der Waals surface area contributed by atoms with Gasteiger partial charge in [0.05, 0.1) is 0 Å². The van der Waals surface area contributed by atoms with E-state index in [1.807, 2.05) is 12.3 Å². The molecule has 0 aliphatic rings. The average molecular weight is 226 g/mol. The maximum Gasteiger partial charge on any atom is 0.129 e. The smallest absolute Gasteiger partial charge is 0.129 e. The number of nitrogens with one attached hydrogen (secondary N) is 1. The van der Waals surface area contributed by atoms with Gasteiger partial charge in [-0.1, -0.05) is 24.3 Å². The SMILES string of the molecule is Cc1cccc(C)c1CC/C=C/c1ncc[nH]1. The molecule has 0 radical (unpaired) electrons. The summed E-state index contributed by atoms with van der Waals surface area (Å²) in [5.74, 6) is 0.923. The molecule has 1 aromatic heterocycles. The largest absolute Gasteiger partial charge is 0.345 e. The Kier molecular flexibility index (Phi) is 3.76. The zero-order chi connectivity index (χ0) is 12.1. The lowest BCUT2D eigenvalue weighted by Gasteiger charge is -2.07. The number of aromatic amines is 1. The highest BCUT2D eigenvalue weighted by Gasteiger charge is 2.00. The van der Waals surface area contributed by atoms with Gasteiger partial charge in [-0.2, -0.15) is 0 Å². The number of H-pyrrole nitrogens is 1. The Balaban J connectivity index is 1.94. The first-order valence-corrected chi connectivity index (χ1v) is 5.98. The normalized spacial score (nSPS) is 11.2. The van der Waals surface area contributed by atoms with Crippen molar-refractivity contribution in [1.29, 1.82) is 0 Å². The molecule has 0 atom stereocenters. The van der Waals surface area contributed by atoms with Crippen LogP contribution in [0.1, 0.15) is 28.9 Å². The van der Waals surface area contributed by atoms with Gasteiger partial charge in [0.25, 0.3) is 0 Å². The molecular formula is C15H18N2. The molecular weight excluding hydrogens is 208 g/mol. The maximum atomic E-state index is 4.15. The molecule has 2 nitrogen and oxygen atoms in total. The van der Waals surface area contributed by atoms with Crippen molar-refractivity contribution in [3.63, 3.8) is 0 Å². The molecule has 0 aliphatic carbocycles. The fourth-order valence-corrected chi connectivity index (χ4v) is 2.03. The van der Waals surface area contributed by atoms with E-state index in [1.54, 1.807) is 6.20 Å². The van der Waals surface area contributed by atoms with E-state index in [0.29, 0.717) is 0 Å². The van der Waals surface area contributed by atoms with Gasteiger partial charge in [-0.25, -0.2) is 4.98 Å². The highest BCUT2D eigenvalue weighted by molar-refractivity contribution is 5.40. The summed E-state index contributed by atoms with van der Waals surface area (Å²) in [5, 5.41) is 0. The van der Waals surface area contributed by atoms with E-state index in [0.717, 1.165) is 18.7 Å². The molecule has 0 amide bonds. The minimum absolute atomic E-state index is 0.923. The van der Waals surface area contributed by atoms with Gasteiger partial charge in [-0.3, -0.25) is 0 Å². The van der Waals surface area contributed by atoms with Gasteiger partial charge in [0.15, 0.2) is 0 Å². The molecule has 2 aromatic rings. The second kappa shape index (κ2) is 5.48. The third-order valence-electron chi connectivity index (χ3n) is 3.00. The first-order valence-electron chi connectivity index (χ1n) is 5.98. The van der Waals surface area contributed by atoms with E-state index >= 15 is 0 Å². The summed E-state index contributed by atoms with van der Waals surface area (Å²) in [6, 6.07) is 6.48. The van der Waals surface area contributed by atoms with E-state index in [2.05, 4.69) is 48.1 Å². The number of benzene rings is 1. The summed E-state index contributed by atoms with van der Waals surface area (Å²) >= 11 is 0. The Bertz CT molecular complexity index is 475. The number of hydrogen-bond acceptors (Lipinski definition) is 1. The number of rotatable bonds is 4. The number of hydrogen-bond donors (Lipinski definition) is 1. The van der Waals surface area contributed by atoms with Gasteiger partial charge < -0.3 is 4.98 Å². The van der Waals surface area contributed by atoms with Gasteiger partial charge in [0.2, 0.25) is 0 Å². The van der Waals surface area contributed by atoms with Crippen LogP contribution < -0.4 is 0 Å². The van der Waals surface area contributed by atoms with Crippen molar-refractivity contribution in [2.45, 2.75) is 26.7 Å². The van der Waals surface area contributed by atoms with Crippen LogP contribution in [-0.2, 0) is 6.42 Å². The molecule has 0 aliphatic heterocycles. The molecule has 1 aromatic carbocycles. The number of nitrogens with zero attached hydrogens (tertiary/aromatic N) is 1. The minimum Gasteiger partial charge on any atom is -0.345 e. The molecule has 1 N–H and O–H groups in total. The van der Waals surface area contributed by atoms with Gasteiger partial charge in [-0.15, -0.1) is 0 Å². The van der Waals surface area contributed by atoms with Crippen LogP contribution in [0.5, 0.6) is 0 Å². The molecule has 2 rings (SSSR count). The Morgan fingerprint density at radius 3 is 2.65 bits per heavy atom. The van der Waals surface area contributed by atoms with Crippen molar-refractivity contribution in [3.8, 4) is 0 Å². The Morgan fingerprint density at radius 2 is 2.00 bits per heavy atom. The van der Waals surface area contributed by atoms with Gasteiger partial charge in [0, 0.05) is 12.4 Å². The molecule has 0 spiro atoms. The minimum atomic E-state index is 0.923. The van der Waals surface area contributed by atoms with Crippen molar-refractivity contribution < 1.29 is 0 Å². The summed E-state index contributed by atoms with van der Waals surface area (Å²) in [5.41, 5.74) is 4.24. The monoisotopic (exact) mass is 226 g/mol. The van der Waals surface area contributed by atoms with E-state index < -0.39 is 0 Å². The number of aryl methyl sites for hydroxylation is 2. The van der Waals surface area contributed by atoms with Crippen LogP contribution in [-0.4, -0.2) is 9.97 Å². The second-order valence-electron chi connectivity index (χ2n) is 4.29. The second-order valence-corrected chi connectivity index (χ2v) is 4.29. The molecule has 0 fully saturated rings. The quantitative estimate of drug-likeness (QED) is 0.846. The van der Waals surface area contributed by atoms with Crippen molar-refractivity contribution in [1.82, 2.24) is 9.97 Å². The molecule has 0 saturated heterocycles. The standard InChI is InChI=1S/C15H18N2/c1-12-6-5-7-13(2)14(12)8-3-4-9-15-16-10-11-17-15/h4-7,9-11H,3,8H2,1-2H3,(H,16,17)/b9-4+. The van der Waals surface area contributed by atoms with Crippen LogP contribution in [0.3, 0.4) is 0 Å². The summed E-state index contributed by atoms with van der Waals surface area (Å²) < 4.78 is 0. The van der Waals surface area contributed by atoms with Crippen molar-refractivity contribution in [3.05, 3.63) is 59.2 Å². The highest BCUT2D eigenvalue weighted by Crippen LogP contribution is 2.15. The zero-order valence-corrected chi connectivity index (χ0v) is 10.4. The predicted octanol–water partition coefficient (Wildman–Crippen LogP) is 3.67. The van der Waals surface area contributed by atoms with Crippen LogP contribution in [0.25, 0.3) is 6.08 Å². The average Bonchev–Trinajstić information content (AvgIpc) is 2.80. The lowest BCUT2D eigenvalue weighted by atomic mass is 9.99. The summed E-state index contributed by atoms with van der Waals surface area (Å²) in [4.78, 5) is 7.21. The van der Waals surface area contributed by atoms with Crippen LogP contribution >= 0.6 is 0 Å². The topological polar surface area (TPSA) is 28.7 Å². The van der Waals surface area contributed by atoms with Crippen LogP contribution in [0.4, 0.5) is 0 Å². The van der Waals surface area contributed by atoms with E-state index in [9.17, 15) is 0 Å². The maximum absolute atomic E-state index is 4.15. The summed E-state index contributed by atoms with van der Waals surface area (Å²) in [6.07, 6.45) is 9.96. The highest BCUT2D eigenvalue weighted by atomic mass is 14.9. The lowest BCUT2D eigenvalue weighted by molar-refractivity contribution is 0.974. The Hall–Kier alpha value is -1.83. The first-order chi connectivity index (χ1) is 8.27. The third kappa shape index (κ3) is 3.06. The van der Waals surface area contributed by atoms with E-state index in [1.165, 1.54) is 16.7 Å². The van der Waals surface area contributed by atoms with Crippen molar-refractivity contribution in [2.75, 3.05) is 0 Å². The Morgan fingerprint density at radius 1 is 1.24 bits per heavy atom. The van der Waals surface area contributed by atoms with Crippen LogP contribution in [0, 0.1) is 13.8 Å².